The number of ether oxygens (including phenoxy) is 1. The Morgan fingerprint density at radius 3 is 2.49 bits per heavy atom. The standard InChI is InChI=1S/C36H46N6O8S/c1-5-24-18-36(24,33(45)41-51(47,48)27-14-15-27)40-31(43)29-17-26(50-38-20-22-16-23-10-6-9-13-28(23)37-19-22)21-42(29)32(44)30(35(2,3)4)39-34(46)49-25-11-7-8-12-25/h5-6,9-10,13,16,19-20,24-27,29-30H,1,7-8,11-12,14-15,17-18,21H2,2-4H3,(H,39,46)(H,40,43)(H,41,45)/b38-20+/t24-,26-,29+,30-,36+/m1/s1. The van der Waals surface area contributed by atoms with Gasteiger partial charge in [-0.2, -0.15) is 0 Å². The second kappa shape index (κ2) is 14.2. The Bertz CT molecular complexity index is 1830. The molecule has 5 atom stereocenters. The van der Waals surface area contributed by atoms with E-state index in [0.717, 1.165) is 36.6 Å². The van der Waals surface area contributed by atoms with Crippen molar-refractivity contribution in [3.05, 3.63) is 54.7 Å². The van der Waals surface area contributed by atoms with Crippen LogP contribution < -0.4 is 15.4 Å². The lowest BCUT2D eigenvalue weighted by Crippen LogP contribution is -2.60. The predicted molar refractivity (Wildman–Crippen MR) is 189 cm³/mol. The number of benzene rings is 1. The van der Waals surface area contributed by atoms with Crippen LogP contribution >= 0.6 is 0 Å². The van der Waals surface area contributed by atoms with Gasteiger partial charge >= 0.3 is 6.09 Å². The Labute approximate surface area is 297 Å². The lowest BCUT2D eigenvalue weighted by atomic mass is 9.85. The normalized spacial score (nSPS) is 25.7. The first-order chi connectivity index (χ1) is 24.2. The topological polar surface area (TPSA) is 185 Å². The van der Waals surface area contributed by atoms with Crippen LogP contribution in [0, 0.1) is 11.3 Å². The number of amides is 4. The Morgan fingerprint density at radius 1 is 1.10 bits per heavy atom. The second-order valence-corrected chi connectivity index (χ2v) is 17.1. The van der Waals surface area contributed by atoms with Crippen LogP contribution in [0.25, 0.3) is 10.9 Å². The molecular weight excluding hydrogens is 676 g/mol. The maximum Gasteiger partial charge on any atom is 0.408 e. The maximum absolute atomic E-state index is 14.3. The molecule has 274 valence electrons. The molecule has 4 amide bonds. The summed E-state index contributed by atoms with van der Waals surface area (Å²) in [6.45, 7) is 9.10. The number of hydrogen-bond acceptors (Lipinski definition) is 10. The quantitative estimate of drug-likeness (QED) is 0.168. The van der Waals surface area contributed by atoms with E-state index in [2.05, 4.69) is 32.1 Å². The van der Waals surface area contributed by atoms with Crippen LogP contribution in [0.5, 0.6) is 0 Å². The molecule has 51 heavy (non-hydrogen) atoms. The van der Waals surface area contributed by atoms with Crippen LogP contribution in [0.3, 0.4) is 0 Å². The fourth-order valence-electron chi connectivity index (χ4n) is 6.85. The number of oxime groups is 1. The Balaban J connectivity index is 1.21. The second-order valence-electron chi connectivity index (χ2n) is 15.1. The number of rotatable bonds is 12. The van der Waals surface area contributed by atoms with Gasteiger partial charge in [0.2, 0.25) is 21.8 Å². The van der Waals surface area contributed by atoms with Crippen LogP contribution in [0.1, 0.15) is 77.7 Å². The number of para-hydroxylation sites is 1. The highest BCUT2D eigenvalue weighted by Gasteiger charge is 2.62. The number of aromatic nitrogens is 1. The minimum atomic E-state index is -3.88. The Morgan fingerprint density at radius 2 is 1.82 bits per heavy atom. The number of nitrogens with one attached hydrogen (secondary N) is 3. The first kappa shape index (κ1) is 36.3. The highest BCUT2D eigenvalue weighted by atomic mass is 32.2. The van der Waals surface area contributed by atoms with Crippen molar-refractivity contribution < 1.29 is 37.2 Å². The summed E-state index contributed by atoms with van der Waals surface area (Å²) >= 11 is 0. The Kier molecular flexibility index (Phi) is 10.1. The number of fused-ring (bicyclic) bond motifs is 1. The zero-order valence-corrected chi connectivity index (χ0v) is 30.0. The summed E-state index contributed by atoms with van der Waals surface area (Å²) < 4.78 is 33.0. The monoisotopic (exact) mass is 722 g/mol. The molecule has 14 nitrogen and oxygen atoms in total. The number of sulfonamides is 1. The molecule has 1 aromatic carbocycles. The number of nitrogens with zero attached hydrogens (tertiary/aromatic N) is 3. The average Bonchev–Trinajstić information content (AvgIpc) is 3.96. The number of likely N-dealkylation sites (tertiary alicyclic amines) is 1. The van der Waals surface area contributed by atoms with Crippen molar-refractivity contribution in [1.82, 2.24) is 25.2 Å². The maximum atomic E-state index is 14.3. The lowest BCUT2D eigenvalue weighted by molar-refractivity contribution is -0.143. The molecule has 4 aliphatic rings. The van der Waals surface area contributed by atoms with Crippen LogP contribution in [-0.4, -0.2) is 90.0 Å². The summed E-state index contributed by atoms with van der Waals surface area (Å²) in [7, 11) is -3.88. The molecule has 4 fully saturated rings. The number of carbonyl (C=O) groups excluding carboxylic acids is 4. The van der Waals surface area contributed by atoms with Crippen molar-refractivity contribution in [2.45, 2.75) is 107 Å². The summed E-state index contributed by atoms with van der Waals surface area (Å²) in [5.74, 6) is -2.55. The molecule has 0 radical (unpaired) electrons. The molecule has 0 unspecified atom stereocenters. The molecule has 1 aliphatic heterocycles. The lowest BCUT2D eigenvalue weighted by Gasteiger charge is -2.35. The van der Waals surface area contributed by atoms with Gasteiger partial charge in [0.05, 0.1) is 23.5 Å². The minimum absolute atomic E-state index is 0.0189. The third-order valence-corrected chi connectivity index (χ3v) is 11.9. The van der Waals surface area contributed by atoms with E-state index in [1.807, 2.05) is 30.3 Å². The van der Waals surface area contributed by atoms with Gasteiger partial charge < -0.3 is 25.1 Å². The first-order valence-electron chi connectivity index (χ1n) is 17.5. The zero-order chi connectivity index (χ0) is 36.6. The number of hydrogen-bond donors (Lipinski definition) is 3. The van der Waals surface area contributed by atoms with E-state index in [-0.39, 0.29) is 25.5 Å². The van der Waals surface area contributed by atoms with Crippen molar-refractivity contribution in [2.75, 3.05) is 6.54 Å². The molecule has 1 aromatic heterocycles. The fraction of sp³-hybridized carbons (Fsp3) is 0.556. The van der Waals surface area contributed by atoms with Crippen molar-refractivity contribution in [3.63, 3.8) is 0 Å². The molecule has 2 heterocycles. The van der Waals surface area contributed by atoms with Gasteiger partial charge in [-0.15, -0.1) is 6.58 Å². The summed E-state index contributed by atoms with van der Waals surface area (Å²) in [6, 6.07) is 7.33. The van der Waals surface area contributed by atoms with Gasteiger partial charge in [-0.25, -0.2) is 13.2 Å². The van der Waals surface area contributed by atoms with Gasteiger partial charge in [0.1, 0.15) is 29.8 Å². The molecule has 3 N–H and O–H groups in total. The van der Waals surface area contributed by atoms with Gasteiger partial charge in [-0.3, -0.25) is 24.1 Å². The summed E-state index contributed by atoms with van der Waals surface area (Å²) in [5, 5.41) is 9.95. The SMILES string of the molecule is C=C[C@@H]1C[C@@]1(NC(=O)[C@@H]1C[C@@H](O/N=C/c2cnc3ccccc3c2)CN1C(=O)[C@@H](NC(=O)OC1CCCC1)C(C)(C)C)C(=O)NS(=O)(=O)C1CC1. The number of alkyl carbamates (subject to hydrolysis) is 1. The van der Waals surface area contributed by atoms with Gasteiger partial charge in [-0.05, 0) is 62.5 Å². The smallest absolute Gasteiger partial charge is 0.408 e. The van der Waals surface area contributed by atoms with Crippen LogP contribution in [-0.2, 0) is 34.0 Å². The first-order valence-corrected chi connectivity index (χ1v) is 19.1. The molecule has 1 saturated heterocycles. The summed E-state index contributed by atoms with van der Waals surface area (Å²) in [6.07, 6.45) is 7.52. The molecule has 6 rings (SSSR count). The van der Waals surface area contributed by atoms with Crippen molar-refractivity contribution in [1.29, 1.82) is 0 Å². The van der Waals surface area contributed by atoms with Crippen molar-refractivity contribution >= 4 is 51.0 Å². The zero-order valence-electron chi connectivity index (χ0n) is 29.2. The third-order valence-electron chi connectivity index (χ3n) is 10.1. The van der Waals surface area contributed by atoms with Crippen LogP contribution in [0.15, 0.2) is 54.3 Å². The molecular formula is C36H46N6O8S. The third kappa shape index (κ3) is 8.18. The van der Waals surface area contributed by atoms with Crippen LogP contribution in [0.4, 0.5) is 4.79 Å². The van der Waals surface area contributed by atoms with E-state index in [0.29, 0.717) is 18.4 Å². The summed E-state index contributed by atoms with van der Waals surface area (Å²) in [4.78, 5) is 66.4. The van der Waals surface area contributed by atoms with E-state index in [1.54, 1.807) is 27.0 Å². The highest BCUT2D eigenvalue weighted by molar-refractivity contribution is 7.91. The van der Waals surface area contributed by atoms with Crippen molar-refractivity contribution in [2.24, 2.45) is 16.5 Å². The van der Waals surface area contributed by atoms with Gasteiger partial charge in [0.25, 0.3) is 5.91 Å². The molecule has 0 bridgehead atoms. The van der Waals surface area contributed by atoms with E-state index >= 15 is 0 Å². The molecule has 15 heteroatoms. The summed E-state index contributed by atoms with van der Waals surface area (Å²) in [5.41, 5.74) is -0.808. The number of pyridine rings is 1. The van der Waals surface area contributed by atoms with E-state index in [1.165, 1.54) is 17.2 Å². The van der Waals surface area contributed by atoms with Crippen LogP contribution in [0.2, 0.25) is 0 Å². The van der Waals surface area contributed by atoms with Gasteiger partial charge in [0, 0.05) is 29.5 Å². The van der Waals surface area contributed by atoms with E-state index < -0.39 is 74.1 Å². The molecule has 3 aliphatic carbocycles. The fourth-order valence-corrected chi connectivity index (χ4v) is 8.21. The highest BCUT2D eigenvalue weighted by Crippen LogP contribution is 2.45. The largest absolute Gasteiger partial charge is 0.446 e. The molecule has 2 aromatic rings. The van der Waals surface area contributed by atoms with E-state index in [4.69, 9.17) is 9.57 Å². The molecule has 0 spiro atoms. The molecule has 3 saturated carbocycles. The van der Waals surface area contributed by atoms with Crippen molar-refractivity contribution in [3.8, 4) is 0 Å². The number of carbonyl (C=O) groups is 4. The average molecular weight is 723 g/mol. The predicted octanol–water partition coefficient (Wildman–Crippen LogP) is 3.31. The Hall–Kier alpha value is -4.53. The van der Waals surface area contributed by atoms with E-state index in [9.17, 15) is 27.6 Å². The minimum Gasteiger partial charge on any atom is -0.446 e. The van der Waals surface area contributed by atoms with Gasteiger partial charge in [0.15, 0.2) is 0 Å². The van der Waals surface area contributed by atoms with Gasteiger partial charge in [-0.1, -0.05) is 50.2 Å².